The first-order chi connectivity index (χ1) is 5.86. The van der Waals surface area contributed by atoms with Gasteiger partial charge in [0, 0.05) is 10.6 Å². The van der Waals surface area contributed by atoms with Crippen LogP contribution in [-0.4, -0.2) is 19.0 Å². The lowest BCUT2D eigenvalue weighted by Gasteiger charge is -2.20. The van der Waals surface area contributed by atoms with Crippen molar-refractivity contribution in [2.75, 3.05) is 19.0 Å². The molecule has 1 aliphatic rings. The lowest BCUT2D eigenvalue weighted by atomic mass is 10.3. The Labute approximate surface area is 81.1 Å². The number of thioether (sulfide) groups is 1. The monoisotopic (exact) mass is 200 g/mol. The normalized spacial score (nSPS) is 24.2. The van der Waals surface area contributed by atoms with E-state index in [0.29, 0.717) is 5.25 Å². The number of hydrogen-bond acceptors (Lipinski definition) is 3. The molecule has 0 spiro atoms. The highest BCUT2D eigenvalue weighted by Crippen LogP contribution is 2.35. The zero-order valence-corrected chi connectivity index (χ0v) is 8.71. The molecule has 0 radical (unpaired) electrons. The van der Waals surface area contributed by atoms with Crippen molar-refractivity contribution in [1.29, 1.82) is 0 Å². The molecule has 1 aliphatic heterocycles. The van der Waals surface area contributed by atoms with Gasteiger partial charge >= 0.3 is 0 Å². The standard InChI is InChI=1S/C9H12OS2/c1-7-4-8(12-6-7)9-5-10-2-3-11-9/h4,6,9H,2-3,5H2,1H3. The van der Waals surface area contributed by atoms with Gasteiger partial charge in [-0.05, 0) is 23.9 Å². The van der Waals surface area contributed by atoms with Crippen LogP contribution in [0.5, 0.6) is 0 Å². The summed E-state index contributed by atoms with van der Waals surface area (Å²) < 4.78 is 5.43. The first-order valence-electron chi connectivity index (χ1n) is 4.10. The highest BCUT2D eigenvalue weighted by Gasteiger charge is 2.17. The van der Waals surface area contributed by atoms with E-state index in [1.165, 1.54) is 10.4 Å². The van der Waals surface area contributed by atoms with Crippen LogP contribution in [0.1, 0.15) is 15.7 Å². The predicted molar refractivity (Wildman–Crippen MR) is 55.1 cm³/mol. The second kappa shape index (κ2) is 3.81. The Hall–Kier alpha value is 0.01000. The molecular formula is C9H12OS2. The third-order valence-corrected chi connectivity index (χ3v) is 4.39. The van der Waals surface area contributed by atoms with Crippen molar-refractivity contribution >= 4 is 23.1 Å². The molecule has 66 valence electrons. The third kappa shape index (κ3) is 1.84. The molecule has 0 saturated carbocycles. The molecule has 2 heterocycles. The zero-order valence-electron chi connectivity index (χ0n) is 7.08. The molecular weight excluding hydrogens is 188 g/mol. The lowest BCUT2D eigenvalue weighted by molar-refractivity contribution is 0.144. The van der Waals surface area contributed by atoms with E-state index in [1.807, 2.05) is 23.1 Å². The first kappa shape index (κ1) is 8.60. The molecule has 1 aromatic heterocycles. The Morgan fingerprint density at radius 2 is 2.50 bits per heavy atom. The summed E-state index contributed by atoms with van der Waals surface area (Å²) >= 11 is 3.87. The maximum absolute atomic E-state index is 5.43. The van der Waals surface area contributed by atoms with Gasteiger partial charge in [0.15, 0.2) is 0 Å². The van der Waals surface area contributed by atoms with Crippen LogP contribution in [0.15, 0.2) is 11.4 Å². The largest absolute Gasteiger partial charge is 0.379 e. The molecule has 1 saturated heterocycles. The minimum Gasteiger partial charge on any atom is -0.379 e. The van der Waals surface area contributed by atoms with Gasteiger partial charge in [0.05, 0.1) is 18.5 Å². The van der Waals surface area contributed by atoms with E-state index in [2.05, 4.69) is 18.4 Å². The number of thiophene rings is 1. The average molecular weight is 200 g/mol. The van der Waals surface area contributed by atoms with E-state index in [4.69, 9.17) is 4.74 Å². The topological polar surface area (TPSA) is 9.23 Å². The smallest absolute Gasteiger partial charge is 0.0634 e. The molecule has 1 fully saturated rings. The lowest BCUT2D eigenvalue weighted by Crippen LogP contribution is -2.13. The summed E-state index contributed by atoms with van der Waals surface area (Å²) in [5.41, 5.74) is 1.38. The third-order valence-electron chi connectivity index (χ3n) is 1.88. The van der Waals surface area contributed by atoms with Crippen LogP contribution in [0.4, 0.5) is 0 Å². The van der Waals surface area contributed by atoms with Gasteiger partial charge < -0.3 is 4.74 Å². The Morgan fingerprint density at radius 1 is 1.58 bits per heavy atom. The SMILES string of the molecule is Cc1csc(C2COCCS2)c1. The zero-order chi connectivity index (χ0) is 8.39. The summed E-state index contributed by atoms with van der Waals surface area (Å²) in [7, 11) is 0. The van der Waals surface area contributed by atoms with Crippen molar-refractivity contribution in [2.45, 2.75) is 12.2 Å². The van der Waals surface area contributed by atoms with Crippen LogP contribution >= 0.6 is 23.1 Å². The molecule has 0 aliphatic carbocycles. The van der Waals surface area contributed by atoms with Gasteiger partial charge in [-0.15, -0.1) is 23.1 Å². The maximum Gasteiger partial charge on any atom is 0.0634 e. The van der Waals surface area contributed by atoms with Gasteiger partial charge in [-0.3, -0.25) is 0 Å². The summed E-state index contributed by atoms with van der Waals surface area (Å²) in [6.45, 7) is 3.96. The van der Waals surface area contributed by atoms with Crippen molar-refractivity contribution in [3.63, 3.8) is 0 Å². The molecule has 1 nitrogen and oxygen atoms in total. The molecule has 0 bridgehead atoms. The quantitative estimate of drug-likeness (QED) is 0.689. The Balaban J connectivity index is 2.08. The van der Waals surface area contributed by atoms with Crippen LogP contribution in [0.2, 0.25) is 0 Å². The molecule has 1 unspecified atom stereocenters. The van der Waals surface area contributed by atoms with Crippen molar-refractivity contribution in [1.82, 2.24) is 0 Å². The van der Waals surface area contributed by atoms with Crippen LogP contribution < -0.4 is 0 Å². The van der Waals surface area contributed by atoms with Gasteiger partial charge in [-0.2, -0.15) is 0 Å². The maximum atomic E-state index is 5.43. The van der Waals surface area contributed by atoms with Crippen LogP contribution in [0, 0.1) is 6.92 Å². The molecule has 0 aromatic carbocycles. The fourth-order valence-electron chi connectivity index (χ4n) is 1.27. The fraction of sp³-hybridized carbons (Fsp3) is 0.556. The molecule has 12 heavy (non-hydrogen) atoms. The second-order valence-electron chi connectivity index (χ2n) is 2.96. The van der Waals surface area contributed by atoms with Crippen LogP contribution in [-0.2, 0) is 4.74 Å². The summed E-state index contributed by atoms with van der Waals surface area (Å²) in [6.07, 6.45) is 0. The van der Waals surface area contributed by atoms with E-state index in [1.54, 1.807) is 0 Å². The highest BCUT2D eigenvalue weighted by atomic mass is 32.2. The molecule has 2 rings (SSSR count). The molecule has 1 atom stereocenters. The minimum absolute atomic E-state index is 0.595. The van der Waals surface area contributed by atoms with Crippen molar-refractivity contribution in [3.8, 4) is 0 Å². The summed E-state index contributed by atoms with van der Waals surface area (Å²) in [4.78, 5) is 1.47. The Bertz CT molecular complexity index is 251. The number of ether oxygens (including phenoxy) is 1. The van der Waals surface area contributed by atoms with E-state index in [-0.39, 0.29) is 0 Å². The molecule has 1 aromatic rings. The fourth-order valence-corrected chi connectivity index (χ4v) is 3.43. The van der Waals surface area contributed by atoms with Crippen LogP contribution in [0.25, 0.3) is 0 Å². The van der Waals surface area contributed by atoms with Gasteiger partial charge in [-0.1, -0.05) is 0 Å². The van der Waals surface area contributed by atoms with Crippen molar-refractivity contribution in [3.05, 3.63) is 21.9 Å². The first-order valence-corrected chi connectivity index (χ1v) is 6.03. The highest BCUT2D eigenvalue weighted by molar-refractivity contribution is 7.99. The Morgan fingerprint density at radius 3 is 3.08 bits per heavy atom. The number of hydrogen-bond donors (Lipinski definition) is 0. The number of aryl methyl sites for hydroxylation is 1. The van der Waals surface area contributed by atoms with E-state index >= 15 is 0 Å². The number of rotatable bonds is 1. The van der Waals surface area contributed by atoms with E-state index in [0.717, 1.165) is 19.0 Å². The summed E-state index contributed by atoms with van der Waals surface area (Å²) in [5, 5.41) is 2.81. The van der Waals surface area contributed by atoms with Gasteiger partial charge in [0.25, 0.3) is 0 Å². The van der Waals surface area contributed by atoms with Crippen molar-refractivity contribution < 1.29 is 4.74 Å². The van der Waals surface area contributed by atoms with Gasteiger partial charge in [-0.25, -0.2) is 0 Å². The predicted octanol–water partition coefficient (Wildman–Crippen LogP) is 2.86. The van der Waals surface area contributed by atoms with E-state index in [9.17, 15) is 0 Å². The summed E-state index contributed by atoms with van der Waals surface area (Å²) in [6, 6.07) is 2.27. The summed E-state index contributed by atoms with van der Waals surface area (Å²) in [5.74, 6) is 1.14. The van der Waals surface area contributed by atoms with E-state index < -0.39 is 0 Å². The Kier molecular flexibility index (Phi) is 2.73. The molecule has 0 N–H and O–H groups in total. The van der Waals surface area contributed by atoms with Gasteiger partial charge in [0.1, 0.15) is 0 Å². The van der Waals surface area contributed by atoms with Crippen molar-refractivity contribution in [2.24, 2.45) is 0 Å². The van der Waals surface area contributed by atoms with Gasteiger partial charge in [0.2, 0.25) is 0 Å². The average Bonchev–Trinajstić information content (AvgIpc) is 2.54. The molecule has 0 amide bonds. The minimum atomic E-state index is 0.595. The van der Waals surface area contributed by atoms with Crippen LogP contribution in [0.3, 0.4) is 0 Å². The second-order valence-corrected chi connectivity index (χ2v) is 5.21. The molecule has 3 heteroatoms.